The number of fused-ring (bicyclic) bond motifs is 1. The number of alkyl halides is 2. The van der Waals surface area contributed by atoms with Gasteiger partial charge in [-0.2, -0.15) is 0 Å². The maximum atomic E-state index is 13.1. The molecule has 3 heterocycles. The van der Waals surface area contributed by atoms with Crippen molar-refractivity contribution in [3.63, 3.8) is 0 Å². The van der Waals surface area contributed by atoms with Crippen molar-refractivity contribution < 1.29 is 27.8 Å². The second kappa shape index (κ2) is 9.17. The van der Waals surface area contributed by atoms with Crippen LogP contribution < -0.4 is 9.47 Å². The number of pyridine rings is 2. The molecule has 0 fully saturated rings. The highest BCUT2D eigenvalue weighted by Gasteiger charge is 2.35. The van der Waals surface area contributed by atoms with Gasteiger partial charge >= 0.3 is 5.97 Å². The van der Waals surface area contributed by atoms with E-state index in [1.807, 2.05) is 13.0 Å². The van der Waals surface area contributed by atoms with Gasteiger partial charge < -0.3 is 14.4 Å². The first-order valence-electron chi connectivity index (χ1n) is 10.7. The molecule has 1 atom stereocenters. The summed E-state index contributed by atoms with van der Waals surface area (Å²) < 4.78 is 36.7. The van der Waals surface area contributed by atoms with Gasteiger partial charge in [-0.1, -0.05) is 18.2 Å². The molecular weight excluding hydrogens is 444 g/mol. The van der Waals surface area contributed by atoms with Crippen molar-refractivity contribution in [3.05, 3.63) is 82.8 Å². The van der Waals surface area contributed by atoms with Gasteiger partial charge in [0.05, 0.1) is 6.04 Å². The molecule has 0 aliphatic carbocycles. The number of amides is 1. The molecular formula is C25H23F2N3O4. The molecule has 0 N–H and O–H groups in total. The molecule has 0 saturated heterocycles. The molecule has 0 bridgehead atoms. The third-order valence-electron chi connectivity index (χ3n) is 5.49. The molecule has 9 heteroatoms. The number of aryl methyl sites for hydroxylation is 1. The van der Waals surface area contributed by atoms with Gasteiger partial charge in [-0.15, -0.1) is 0 Å². The summed E-state index contributed by atoms with van der Waals surface area (Å²) in [5, 5.41) is 0. The highest BCUT2D eigenvalue weighted by atomic mass is 19.3. The summed E-state index contributed by atoms with van der Waals surface area (Å²) in [7, 11) is 0. The minimum absolute atomic E-state index is 0.0861. The van der Waals surface area contributed by atoms with Crippen LogP contribution in [0.1, 0.15) is 57.4 Å². The standard InChI is InChI=1S/C25H23F2N3O4/c1-15-11-17(12-29-22(15)33-14-25(3,26)27)16(2)30-13-20-19(23(30)31)9-10-28-21(20)24(32)34-18-7-5-4-6-8-18/h4-12,16H,13-14H2,1-3H3. The number of esters is 1. The number of nitrogens with zero attached hydrogens (tertiary/aromatic N) is 3. The lowest BCUT2D eigenvalue weighted by molar-refractivity contribution is -0.0244. The van der Waals surface area contributed by atoms with Crippen LogP contribution in [0.15, 0.2) is 54.9 Å². The number of aromatic nitrogens is 2. The quantitative estimate of drug-likeness (QED) is 0.368. The van der Waals surface area contributed by atoms with Crippen LogP contribution in [0.5, 0.6) is 11.6 Å². The fourth-order valence-corrected chi connectivity index (χ4v) is 3.72. The van der Waals surface area contributed by atoms with Gasteiger partial charge in [-0.05, 0) is 43.7 Å². The van der Waals surface area contributed by atoms with Crippen molar-refractivity contribution >= 4 is 11.9 Å². The van der Waals surface area contributed by atoms with Crippen LogP contribution in [-0.2, 0) is 6.54 Å². The van der Waals surface area contributed by atoms with Crippen molar-refractivity contribution in [3.8, 4) is 11.6 Å². The van der Waals surface area contributed by atoms with Crippen LogP contribution >= 0.6 is 0 Å². The molecule has 3 aromatic rings. The summed E-state index contributed by atoms with van der Waals surface area (Å²) >= 11 is 0. The van der Waals surface area contributed by atoms with E-state index in [2.05, 4.69) is 9.97 Å². The van der Waals surface area contributed by atoms with E-state index in [-0.39, 0.29) is 24.0 Å². The van der Waals surface area contributed by atoms with E-state index < -0.39 is 24.5 Å². The predicted molar refractivity (Wildman–Crippen MR) is 119 cm³/mol. The molecule has 0 spiro atoms. The zero-order valence-electron chi connectivity index (χ0n) is 18.9. The van der Waals surface area contributed by atoms with Crippen molar-refractivity contribution in [2.24, 2.45) is 0 Å². The first-order valence-corrected chi connectivity index (χ1v) is 10.7. The molecule has 4 rings (SSSR count). The monoisotopic (exact) mass is 467 g/mol. The van der Waals surface area contributed by atoms with E-state index in [1.54, 1.807) is 48.2 Å². The van der Waals surface area contributed by atoms with Crippen LogP contribution in [-0.4, -0.2) is 39.3 Å². The topological polar surface area (TPSA) is 81.6 Å². The first-order chi connectivity index (χ1) is 16.1. The second-order valence-corrected chi connectivity index (χ2v) is 8.25. The minimum Gasteiger partial charge on any atom is -0.471 e. The van der Waals surface area contributed by atoms with Gasteiger partial charge in [0.25, 0.3) is 11.8 Å². The number of carbonyl (C=O) groups excluding carboxylic acids is 2. The van der Waals surface area contributed by atoms with Gasteiger partial charge in [-0.3, -0.25) is 4.79 Å². The molecule has 1 aromatic carbocycles. The van der Waals surface area contributed by atoms with Gasteiger partial charge in [0.15, 0.2) is 12.3 Å². The fourth-order valence-electron chi connectivity index (χ4n) is 3.72. The van der Waals surface area contributed by atoms with Crippen LogP contribution in [0.2, 0.25) is 0 Å². The Bertz CT molecular complexity index is 1230. The summed E-state index contributed by atoms with van der Waals surface area (Å²) in [4.78, 5) is 35.8. The molecule has 7 nitrogen and oxygen atoms in total. The Labute approximate surface area is 195 Å². The van der Waals surface area contributed by atoms with Crippen LogP contribution in [0.25, 0.3) is 0 Å². The van der Waals surface area contributed by atoms with E-state index >= 15 is 0 Å². The molecule has 0 saturated carbocycles. The van der Waals surface area contributed by atoms with E-state index in [9.17, 15) is 18.4 Å². The Balaban J connectivity index is 1.53. The fraction of sp³-hybridized carbons (Fsp3) is 0.280. The number of para-hydroxylation sites is 1. The SMILES string of the molecule is Cc1cc(C(C)N2Cc3c(ccnc3C(=O)Oc3ccccc3)C2=O)cnc1OCC(C)(F)F. The third-order valence-corrected chi connectivity index (χ3v) is 5.49. The summed E-state index contributed by atoms with van der Waals surface area (Å²) in [5.74, 6) is -3.37. The smallest absolute Gasteiger partial charge is 0.362 e. The Morgan fingerprint density at radius 1 is 1.21 bits per heavy atom. The Kier molecular flexibility index (Phi) is 6.28. The summed E-state index contributed by atoms with van der Waals surface area (Å²) in [6, 6.07) is 11.6. The highest BCUT2D eigenvalue weighted by molar-refractivity contribution is 6.02. The highest BCUT2D eigenvalue weighted by Crippen LogP contribution is 2.33. The summed E-state index contributed by atoms with van der Waals surface area (Å²) in [6.07, 6.45) is 2.91. The van der Waals surface area contributed by atoms with Crippen LogP contribution in [0.3, 0.4) is 0 Å². The first kappa shape index (κ1) is 23.3. The maximum Gasteiger partial charge on any atom is 0.362 e. The zero-order valence-corrected chi connectivity index (χ0v) is 18.9. The Morgan fingerprint density at radius 3 is 2.62 bits per heavy atom. The molecule has 1 amide bonds. The van der Waals surface area contributed by atoms with Crippen molar-refractivity contribution in [2.45, 2.75) is 39.3 Å². The molecule has 176 valence electrons. The van der Waals surface area contributed by atoms with Gasteiger partial charge in [-0.25, -0.2) is 23.5 Å². The predicted octanol–water partition coefficient (Wildman–Crippen LogP) is 4.76. The van der Waals surface area contributed by atoms with Crippen LogP contribution in [0.4, 0.5) is 8.78 Å². The molecule has 2 aromatic heterocycles. The van der Waals surface area contributed by atoms with Crippen LogP contribution in [0, 0.1) is 6.92 Å². The molecule has 34 heavy (non-hydrogen) atoms. The van der Waals surface area contributed by atoms with Crippen molar-refractivity contribution in [1.82, 2.24) is 14.9 Å². The van der Waals surface area contributed by atoms with E-state index in [0.717, 1.165) is 6.92 Å². The van der Waals surface area contributed by atoms with Crippen molar-refractivity contribution in [1.29, 1.82) is 0 Å². The van der Waals surface area contributed by atoms with Gasteiger partial charge in [0.1, 0.15) is 5.75 Å². The Morgan fingerprint density at radius 2 is 1.94 bits per heavy atom. The van der Waals surface area contributed by atoms with Gasteiger partial charge in [0.2, 0.25) is 5.88 Å². The summed E-state index contributed by atoms with van der Waals surface area (Å²) in [6.45, 7) is 3.70. The lowest BCUT2D eigenvalue weighted by Gasteiger charge is -2.25. The lowest BCUT2D eigenvalue weighted by Crippen LogP contribution is -2.27. The number of hydrogen-bond donors (Lipinski definition) is 0. The van der Waals surface area contributed by atoms with E-state index in [0.29, 0.717) is 28.0 Å². The molecule has 1 aliphatic rings. The maximum absolute atomic E-state index is 13.1. The van der Waals surface area contributed by atoms with Gasteiger partial charge in [0, 0.05) is 42.6 Å². The third kappa shape index (κ3) is 4.88. The molecule has 1 unspecified atom stereocenters. The van der Waals surface area contributed by atoms with E-state index in [1.165, 1.54) is 12.4 Å². The molecule has 0 radical (unpaired) electrons. The Hall–Kier alpha value is -3.88. The zero-order chi connectivity index (χ0) is 24.5. The second-order valence-electron chi connectivity index (χ2n) is 8.25. The average molecular weight is 467 g/mol. The lowest BCUT2D eigenvalue weighted by atomic mass is 10.1. The number of ether oxygens (including phenoxy) is 2. The van der Waals surface area contributed by atoms with E-state index in [4.69, 9.17) is 9.47 Å². The molecule has 1 aliphatic heterocycles. The van der Waals surface area contributed by atoms with Crippen molar-refractivity contribution in [2.75, 3.05) is 6.61 Å². The number of carbonyl (C=O) groups is 2. The minimum atomic E-state index is -2.97. The number of rotatable bonds is 7. The normalized spacial score (nSPS) is 14.0. The largest absolute Gasteiger partial charge is 0.471 e. The number of halogens is 2. The summed E-state index contributed by atoms with van der Waals surface area (Å²) in [5.41, 5.74) is 2.25. The number of hydrogen-bond acceptors (Lipinski definition) is 6. The number of benzene rings is 1. The average Bonchev–Trinajstić information content (AvgIpc) is 3.14.